The van der Waals surface area contributed by atoms with Crippen molar-refractivity contribution in [1.29, 1.82) is 0 Å². The first-order valence-corrected chi connectivity index (χ1v) is 5.82. The monoisotopic (exact) mass is 242 g/mol. The second-order valence-electron chi connectivity index (χ2n) is 4.09. The van der Waals surface area contributed by atoms with E-state index in [1.807, 2.05) is 42.5 Å². The number of hydrogen-bond acceptors (Lipinski definition) is 3. The molecule has 0 aliphatic carbocycles. The smallest absolute Gasteiger partial charge is 0.423 e. The standard InChI is InChI=1S/C14H15BO3/c16-15(17)14-8-6-13(7-9-14)11-18-10-12-4-2-1-3-5-12/h1-9,16-17H,10-11H2. The molecule has 2 rings (SSSR count). The van der Waals surface area contributed by atoms with Gasteiger partial charge in [-0.2, -0.15) is 0 Å². The average Bonchev–Trinajstić information content (AvgIpc) is 2.40. The Bertz CT molecular complexity index is 468. The molecule has 2 N–H and O–H groups in total. The van der Waals surface area contributed by atoms with Gasteiger partial charge in [-0.1, -0.05) is 54.6 Å². The minimum absolute atomic E-state index is 0.488. The van der Waals surface area contributed by atoms with Gasteiger partial charge < -0.3 is 14.8 Å². The van der Waals surface area contributed by atoms with Crippen LogP contribution in [0.2, 0.25) is 0 Å². The van der Waals surface area contributed by atoms with Crippen molar-refractivity contribution in [3.63, 3.8) is 0 Å². The van der Waals surface area contributed by atoms with Crippen molar-refractivity contribution in [2.24, 2.45) is 0 Å². The van der Waals surface area contributed by atoms with Crippen LogP contribution in [-0.4, -0.2) is 17.2 Å². The van der Waals surface area contributed by atoms with Crippen LogP contribution in [0.25, 0.3) is 0 Å². The van der Waals surface area contributed by atoms with E-state index < -0.39 is 7.12 Å². The molecular weight excluding hydrogens is 227 g/mol. The van der Waals surface area contributed by atoms with Gasteiger partial charge >= 0.3 is 7.12 Å². The van der Waals surface area contributed by atoms with E-state index in [1.54, 1.807) is 12.1 Å². The van der Waals surface area contributed by atoms with Crippen LogP contribution in [0, 0.1) is 0 Å². The normalized spacial score (nSPS) is 10.3. The highest BCUT2D eigenvalue weighted by atomic mass is 16.5. The lowest BCUT2D eigenvalue weighted by Crippen LogP contribution is -2.29. The van der Waals surface area contributed by atoms with Crippen molar-refractivity contribution >= 4 is 12.6 Å². The molecule has 3 nitrogen and oxygen atoms in total. The summed E-state index contributed by atoms with van der Waals surface area (Å²) in [6, 6.07) is 17.0. The van der Waals surface area contributed by atoms with Crippen molar-refractivity contribution in [2.45, 2.75) is 13.2 Å². The van der Waals surface area contributed by atoms with Crippen molar-refractivity contribution < 1.29 is 14.8 Å². The van der Waals surface area contributed by atoms with Gasteiger partial charge in [0.05, 0.1) is 13.2 Å². The average molecular weight is 242 g/mol. The molecule has 92 valence electrons. The van der Waals surface area contributed by atoms with Gasteiger partial charge in [0.15, 0.2) is 0 Å². The summed E-state index contributed by atoms with van der Waals surface area (Å²) in [5.41, 5.74) is 2.64. The molecule has 18 heavy (non-hydrogen) atoms. The van der Waals surface area contributed by atoms with Gasteiger partial charge in [-0.3, -0.25) is 0 Å². The molecule has 0 radical (unpaired) electrons. The summed E-state index contributed by atoms with van der Waals surface area (Å²) in [6.07, 6.45) is 0. The molecule has 0 fully saturated rings. The summed E-state index contributed by atoms with van der Waals surface area (Å²) in [5, 5.41) is 17.9. The number of rotatable bonds is 5. The van der Waals surface area contributed by atoms with Gasteiger partial charge in [-0.05, 0) is 16.6 Å². The molecular formula is C14H15BO3. The summed E-state index contributed by atoms with van der Waals surface area (Å²) >= 11 is 0. The Morgan fingerprint density at radius 3 is 1.89 bits per heavy atom. The van der Waals surface area contributed by atoms with E-state index in [0.717, 1.165) is 11.1 Å². The van der Waals surface area contributed by atoms with Gasteiger partial charge in [0.25, 0.3) is 0 Å². The zero-order chi connectivity index (χ0) is 12.8. The van der Waals surface area contributed by atoms with E-state index in [1.165, 1.54) is 0 Å². The van der Waals surface area contributed by atoms with Crippen LogP contribution in [0.15, 0.2) is 54.6 Å². The largest absolute Gasteiger partial charge is 0.488 e. The van der Waals surface area contributed by atoms with Gasteiger partial charge in [-0.15, -0.1) is 0 Å². The topological polar surface area (TPSA) is 49.7 Å². The predicted octanol–water partition coefficient (Wildman–Crippen LogP) is 1.08. The zero-order valence-corrected chi connectivity index (χ0v) is 9.99. The minimum Gasteiger partial charge on any atom is -0.423 e. The first-order chi connectivity index (χ1) is 8.75. The summed E-state index contributed by atoms with van der Waals surface area (Å²) in [5.74, 6) is 0. The third-order valence-electron chi connectivity index (χ3n) is 2.66. The highest BCUT2D eigenvalue weighted by molar-refractivity contribution is 6.58. The fourth-order valence-corrected chi connectivity index (χ4v) is 1.65. The van der Waals surface area contributed by atoms with Crippen LogP contribution in [-0.2, 0) is 18.0 Å². The second kappa shape index (κ2) is 6.35. The van der Waals surface area contributed by atoms with Gasteiger partial charge in [0, 0.05) is 0 Å². The Balaban J connectivity index is 1.83. The van der Waals surface area contributed by atoms with E-state index in [2.05, 4.69) is 0 Å². The maximum atomic E-state index is 8.96. The SMILES string of the molecule is OB(O)c1ccc(COCc2ccccc2)cc1. The lowest BCUT2D eigenvalue weighted by Gasteiger charge is -2.05. The number of benzene rings is 2. The van der Waals surface area contributed by atoms with Crippen molar-refractivity contribution in [1.82, 2.24) is 0 Å². The number of hydrogen-bond donors (Lipinski definition) is 2. The van der Waals surface area contributed by atoms with Crippen molar-refractivity contribution in [2.75, 3.05) is 0 Å². The van der Waals surface area contributed by atoms with Crippen LogP contribution in [0.3, 0.4) is 0 Å². The van der Waals surface area contributed by atoms with Crippen LogP contribution in [0.1, 0.15) is 11.1 Å². The lowest BCUT2D eigenvalue weighted by molar-refractivity contribution is 0.107. The quantitative estimate of drug-likeness (QED) is 0.771. The molecule has 0 aliphatic rings. The van der Waals surface area contributed by atoms with Gasteiger partial charge in [-0.25, -0.2) is 0 Å². The first-order valence-electron chi connectivity index (χ1n) is 5.82. The highest BCUT2D eigenvalue weighted by Gasteiger charge is 2.09. The van der Waals surface area contributed by atoms with Crippen LogP contribution < -0.4 is 5.46 Å². The summed E-state index contributed by atoms with van der Waals surface area (Å²) in [6.45, 7) is 1.09. The molecule has 0 saturated carbocycles. The van der Waals surface area contributed by atoms with Crippen LogP contribution in [0.4, 0.5) is 0 Å². The molecule has 0 heterocycles. The molecule has 0 unspecified atom stereocenters. The number of ether oxygens (including phenoxy) is 1. The Kier molecular flexibility index (Phi) is 4.53. The van der Waals surface area contributed by atoms with Crippen molar-refractivity contribution in [3.05, 3.63) is 65.7 Å². The Morgan fingerprint density at radius 1 is 0.778 bits per heavy atom. The Morgan fingerprint density at radius 2 is 1.33 bits per heavy atom. The summed E-state index contributed by atoms with van der Waals surface area (Å²) in [4.78, 5) is 0. The van der Waals surface area contributed by atoms with E-state index in [9.17, 15) is 0 Å². The third kappa shape index (κ3) is 3.70. The highest BCUT2D eigenvalue weighted by Crippen LogP contribution is 2.05. The molecule has 0 aromatic heterocycles. The molecule has 2 aromatic carbocycles. The van der Waals surface area contributed by atoms with Crippen molar-refractivity contribution in [3.8, 4) is 0 Å². The predicted molar refractivity (Wildman–Crippen MR) is 71.2 cm³/mol. The molecule has 2 aromatic rings. The minimum atomic E-state index is -1.41. The summed E-state index contributed by atoms with van der Waals surface area (Å²) in [7, 11) is -1.41. The molecule has 0 amide bonds. The first kappa shape index (κ1) is 12.8. The molecule has 0 saturated heterocycles. The van der Waals surface area contributed by atoms with E-state index >= 15 is 0 Å². The van der Waals surface area contributed by atoms with Gasteiger partial charge in [0.1, 0.15) is 0 Å². The second-order valence-corrected chi connectivity index (χ2v) is 4.09. The molecule has 0 spiro atoms. The van der Waals surface area contributed by atoms with Crippen LogP contribution >= 0.6 is 0 Å². The Labute approximate surface area is 107 Å². The lowest BCUT2D eigenvalue weighted by atomic mass is 9.80. The molecule has 0 aliphatic heterocycles. The van der Waals surface area contributed by atoms with Gasteiger partial charge in [0.2, 0.25) is 0 Å². The summed E-state index contributed by atoms with van der Waals surface area (Å²) < 4.78 is 5.58. The fraction of sp³-hybridized carbons (Fsp3) is 0.143. The van der Waals surface area contributed by atoms with E-state index in [0.29, 0.717) is 18.7 Å². The molecule has 0 atom stereocenters. The van der Waals surface area contributed by atoms with E-state index in [4.69, 9.17) is 14.8 Å². The van der Waals surface area contributed by atoms with E-state index in [-0.39, 0.29) is 0 Å². The molecule has 4 heteroatoms. The maximum absolute atomic E-state index is 8.96. The Hall–Kier alpha value is -1.62. The van der Waals surface area contributed by atoms with Crippen LogP contribution in [0.5, 0.6) is 0 Å². The molecule has 0 bridgehead atoms. The third-order valence-corrected chi connectivity index (χ3v) is 2.66. The fourth-order valence-electron chi connectivity index (χ4n) is 1.65. The zero-order valence-electron chi connectivity index (χ0n) is 9.99. The maximum Gasteiger partial charge on any atom is 0.488 e.